The van der Waals surface area contributed by atoms with E-state index in [1.807, 2.05) is 24.3 Å². The second-order valence-corrected chi connectivity index (χ2v) is 5.73. The van der Waals surface area contributed by atoms with Crippen molar-refractivity contribution in [2.24, 2.45) is 5.73 Å². The summed E-state index contributed by atoms with van der Waals surface area (Å²) in [4.78, 5) is 0. The van der Waals surface area contributed by atoms with Crippen LogP contribution in [0.25, 0.3) is 0 Å². The highest BCUT2D eigenvalue weighted by atomic mass is 79.9. The Bertz CT molecular complexity index is 574. The molecule has 2 N–H and O–H groups in total. The lowest BCUT2D eigenvalue weighted by Crippen LogP contribution is -2.26. The van der Waals surface area contributed by atoms with Gasteiger partial charge in [0, 0.05) is 10.5 Å². The van der Waals surface area contributed by atoms with Crippen LogP contribution < -0.4 is 5.73 Å². The van der Waals surface area contributed by atoms with E-state index in [-0.39, 0.29) is 16.9 Å². The van der Waals surface area contributed by atoms with Gasteiger partial charge in [-0.25, -0.2) is 4.39 Å². The highest BCUT2D eigenvalue weighted by Gasteiger charge is 2.12. The molecular weight excluding hydrogens is 329 g/mol. The molecule has 0 spiro atoms. The summed E-state index contributed by atoms with van der Waals surface area (Å²) in [6.45, 7) is 0. The molecule has 0 aliphatic carbocycles. The van der Waals surface area contributed by atoms with Crippen molar-refractivity contribution >= 4 is 27.5 Å². The molecule has 2 aromatic rings. The van der Waals surface area contributed by atoms with Gasteiger partial charge in [-0.1, -0.05) is 57.9 Å². The maximum absolute atomic E-state index is 13.8. The van der Waals surface area contributed by atoms with Crippen LogP contribution >= 0.6 is 27.5 Å². The number of halogens is 3. The molecule has 0 aliphatic heterocycles. The van der Waals surface area contributed by atoms with E-state index in [4.69, 9.17) is 17.3 Å². The Morgan fingerprint density at radius 3 is 2.42 bits per heavy atom. The topological polar surface area (TPSA) is 26.0 Å². The molecule has 100 valence electrons. The van der Waals surface area contributed by atoms with E-state index >= 15 is 0 Å². The molecule has 0 saturated carbocycles. The maximum Gasteiger partial charge on any atom is 0.145 e. The van der Waals surface area contributed by atoms with Crippen molar-refractivity contribution in [3.05, 3.63) is 68.9 Å². The summed E-state index contributed by atoms with van der Waals surface area (Å²) in [5, 5.41) is 0.144. The summed E-state index contributed by atoms with van der Waals surface area (Å²) in [7, 11) is 0. The third-order valence-corrected chi connectivity index (χ3v) is 4.02. The first-order chi connectivity index (χ1) is 9.08. The van der Waals surface area contributed by atoms with E-state index in [1.54, 1.807) is 18.2 Å². The number of hydrogen-bond acceptors (Lipinski definition) is 1. The number of nitrogens with two attached hydrogens (primary N) is 1. The molecule has 1 unspecified atom stereocenters. The molecule has 0 radical (unpaired) electrons. The molecule has 0 saturated heterocycles. The first kappa shape index (κ1) is 14.5. The SMILES string of the molecule is NC(Cc1ccccc1Br)Cc1cccc(Cl)c1F. The zero-order chi connectivity index (χ0) is 13.8. The van der Waals surface area contributed by atoms with Crippen molar-refractivity contribution in [3.8, 4) is 0 Å². The first-order valence-corrected chi connectivity index (χ1v) is 7.17. The van der Waals surface area contributed by atoms with Crippen LogP contribution in [0, 0.1) is 5.82 Å². The monoisotopic (exact) mass is 341 g/mol. The van der Waals surface area contributed by atoms with Crippen molar-refractivity contribution in [2.45, 2.75) is 18.9 Å². The number of benzene rings is 2. The maximum atomic E-state index is 13.8. The molecular formula is C15H14BrClFN. The summed E-state index contributed by atoms with van der Waals surface area (Å²) in [6.07, 6.45) is 1.15. The van der Waals surface area contributed by atoms with Gasteiger partial charge in [-0.2, -0.15) is 0 Å². The van der Waals surface area contributed by atoms with Gasteiger partial charge < -0.3 is 5.73 Å². The van der Waals surface area contributed by atoms with E-state index in [0.717, 1.165) is 10.0 Å². The van der Waals surface area contributed by atoms with Gasteiger partial charge in [-0.05, 0) is 36.1 Å². The van der Waals surface area contributed by atoms with Crippen LogP contribution in [0.1, 0.15) is 11.1 Å². The van der Waals surface area contributed by atoms with E-state index in [0.29, 0.717) is 18.4 Å². The third-order valence-electron chi connectivity index (χ3n) is 2.95. The lowest BCUT2D eigenvalue weighted by atomic mass is 9.99. The Morgan fingerprint density at radius 2 is 1.68 bits per heavy atom. The number of rotatable bonds is 4. The van der Waals surface area contributed by atoms with E-state index in [9.17, 15) is 4.39 Å². The largest absolute Gasteiger partial charge is 0.327 e. The molecule has 0 fully saturated rings. The highest BCUT2D eigenvalue weighted by molar-refractivity contribution is 9.10. The third kappa shape index (κ3) is 3.78. The Balaban J connectivity index is 2.08. The predicted octanol–water partition coefficient (Wildman–Crippen LogP) is 4.35. The van der Waals surface area contributed by atoms with E-state index < -0.39 is 0 Å². The van der Waals surface area contributed by atoms with Crippen LogP contribution in [0.5, 0.6) is 0 Å². The molecule has 0 amide bonds. The number of hydrogen-bond donors (Lipinski definition) is 1. The average Bonchev–Trinajstić information content (AvgIpc) is 2.38. The Hall–Kier alpha value is -0.900. The van der Waals surface area contributed by atoms with Crippen LogP contribution in [0.15, 0.2) is 46.9 Å². The van der Waals surface area contributed by atoms with Gasteiger partial charge in [-0.15, -0.1) is 0 Å². The molecule has 0 heterocycles. The fraction of sp³-hybridized carbons (Fsp3) is 0.200. The summed E-state index contributed by atoms with van der Waals surface area (Å²) in [6, 6.07) is 12.8. The molecule has 1 nitrogen and oxygen atoms in total. The molecule has 1 atom stereocenters. The summed E-state index contributed by atoms with van der Waals surface area (Å²) in [5.74, 6) is -0.369. The summed E-state index contributed by atoms with van der Waals surface area (Å²) < 4.78 is 14.8. The van der Waals surface area contributed by atoms with Crippen LogP contribution in [-0.2, 0) is 12.8 Å². The molecule has 2 aromatic carbocycles. The zero-order valence-electron chi connectivity index (χ0n) is 10.2. The van der Waals surface area contributed by atoms with Crippen molar-refractivity contribution in [1.82, 2.24) is 0 Å². The fourth-order valence-corrected chi connectivity index (χ4v) is 2.65. The Labute approximate surface area is 125 Å². The van der Waals surface area contributed by atoms with Crippen molar-refractivity contribution in [1.29, 1.82) is 0 Å². The van der Waals surface area contributed by atoms with Gasteiger partial charge in [0.05, 0.1) is 5.02 Å². The Kier molecular flexibility index (Phi) is 4.97. The average molecular weight is 343 g/mol. The first-order valence-electron chi connectivity index (χ1n) is 6.00. The zero-order valence-corrected chi connectivity index (χ0v) is 12.6. The summed E-state index contributed by atoms with van der Waals surface area (Å²) in [5.41, 5.74) is 7.78. The minimum Gasteiger partial charge on any atom is -0.327 e. The van der Waals surface area contributed by atoms with Gasteiger partial charge in [0.1, 0.15) is 5.82 Å². The molecule has 2 rings (SSSR count). The van der Waals surface area contributed by atoms with Gasteiger partial charge in [0.25, 0.3) is 0 Å². The fourth-order valence-electron chi connectivity index (χ4n) is 2.01. The van der Waals surface area contributed by atoms with E-state index in [2.05, 4.69) is 15.9 Å². The second-order valence-electron chi connectivity index (χ2n) is 4.47. The summed E-state index contributed by atoms with van der Waals surface area (Å²) >= 11 is 9.24. The molecule has 0 aromatic heterocycles. The smallest absolute Gasteiger partial charge is 0.145 e. The minimum atomic E-state index is -0.369. The van der Waals surface area contributed by atoms with Gasteiger partial charge >= 0.3 is 0 Å². The second kappa shape index (κ2) is 6.51. The quantitative estimate of drug-likeness (QED) is 0.878. The molecule has 0 bridgehead atoms. The van der Waals surface area contributed by atoms with Gasteiger partial charge in [0.15, 0.2) is 0 Å². The van der Waals surface area contributed by atoms with E-state index in [1.165, 1.54) is 0 Å². The van der Waals surface area contributed by atoms with Gasteiger partial charge in [-0.3, -0.25) is 0 Å². The van der Waals surface area contributed by atoms with Crippen molar-refractivity contribution < 1.29 is 4.39 Å². The molecule has 19 heavy (non-hydrogen) atoms. The molecule has 0 aliphatic rings. The molecule has 4 heteroatoms. The predicted molar refractivity (Wildman–Crippen MR) is 80.9 cm³/mol. The highest BCUT2D eigenvalue weighted by Crippen LogP contribution is 2.21. The van der Waals surface area contributed by atoms with Crippen LogP contribution in [0.2, 0.25) is 5.02 Å². The minimum absolute atomic E-state index is 0.144. The normalized spacial score (nSPS) is 12.4. The van der Waals surface area contributed by atoms with Crippen molar-refractivity contribution in [3.63, 3.8) is 0 Å². The lowest BCUT2D eigenvalue weighted by molar-refractivity contribution is 0.584. The van der Waals surface area contributed by atoms with Crippen LogP contribution in [0.3, 0.4) is 0 Å². The van der Waals surface area contributed by atoms with Crippen LogP contribution in [0.4, 0.5) is 4.39 Å². The van der Waals surface area contributed by atoms with Crippen molar-refractivity contribution in [2.75, 3.05) is 0 Å². The van der Waals surface area contributed by atoms with Gasteiger partial charge in [0.2, 0.25) is 0 Å². The Morgan fingerprint density at radius 1 is 1.05 bits per heavy atom. The standard InChI is InChI=1S/C15H14BrClFN/c16-13-6-2-1-4-10(13)8-12(19)9-11-5-3-7-14(17)15(11)18/h1-7,12H,8-9,19H2. The lowest BCUT2D eigenvalue weighted by Gasteiger charge is -2.14. The van der Waals surface area contributed by atoms with Crippen LogP contribution in [-0.4, -0.2) is 6.04 Å².